The van der Waals surface area contributed by atoms with Crippen molar-refractivity contribution < 1.29 is 5.11 Å². The lowest BCUT2D eigenvalue weighted by atomic mass is 9.86. The second-order valence-corrected chi connectivity index (χ2v) is 4.85. The highest BCUT2D eigenvalue weighted by Gasteiger charge is 2.38. The first-order valence-electron chi connectivity index (χ1n) is 6.07. The van der Waals surface area contributed by atoms with Gasteiger partial charge in [-0.25, -0.2) is 0 Å². The molecule has 0 radical (unpaired) electrons. The van der Waals surface area contributed by atoms with E-state index in [0.29, 0.717) is 13.1 Å². The van der Waals surface area contributed by atoms with Crippen LogP contribution >= 0.6 is 0 Å². The van der Waals surface area contributed by atoms with Crippen LogP contribution in [-0.4, -0.2) is 31.3 Å². The van der Waals surface area contributed by atoms with Crippen LogP contribution < -0.4 is 10.2 Å². The summed E-state index contributed by atoms with van der Waals surface area (Å²) in [6.45, 7) is 3.61. The highest BCUT2D eigenvalue weighted by Crippen LogP contribution is 2.34. The molecule has 2 fully saturated rings. The van der Waals surface area contributed by atoms with E-state index in [1.165, 1.54) is 18.5 Å². The Labute approximate surface area is 96.1 Å². The van der Waals surface area contributed by atoms with E-state index >= 15 is 0 Å². The van der Waals surface area contributed by atoms with Gasteiger partial charge in [-0.05, 0) is 18.9 Å². The first kappa shape index (κ1) is 10.1. The first-order valence-corrected chi connectivity index (χ1v) is 6.07. The Hall–Kier alpha value is -1.06. The maximum absolute atomic E-state index is 10.4. The van der Waals surface area contributed by atoms with Crippen molar-refractivity contribution in [2.75, 3.05) is 31.1 Å². The van der Waals surface area contributed by atoms with Crippen molar-refractivity contribution in [1.82, 2.24) is 5.32 Å². The minimum atomic E-state index is -0.640. The summed E-state index contributed by atoms with van der Waals surface area (Å²) in [4.78, 5) is 2.39. The van der Waals surface area contributed by atoms with E-state index in [-0.39, 0.29) is 0 Å². The zero-order valence-electron chi connectivity index (χ0n) is 9.45. The molecule has 3 nitrogen and oxygen atoms in total. The predicted octanol–water partition coefficient (Wildman–Crippen LogP) is 1.08. The van der Waals surface area contributed by atoms with Gasteiger partial charge in [-0.2, -0.15) is 0 Å². The number of aliphatic hydroxyl groups is 1. The van der Waals surface area contributed by atoms with Crippen LogP contribution in [0.2, 0.25) is 0 Å². The fraction of sp³-hybridized carbons (Fsp3) is 0.538. The zero-order valence-corrected chi connectivity index (χ0v) is 9.45. The third kappa shape index (κ3) is 1.51. The highest BCUT2D eigenvalue weighted by atomic mass is 16.3. The van der Waals surface area contributed by atoms with Crippen LogP contribution in [0, 0.1) is 0 Å². The summed E-state index contributed by atoms with van der Waals surface area (Å²) in [5, 5.41) is 13.6. The van der Waals surface area contributed by atoms with Gasteiger partial charge >= 0.3 is 0 Å². The molecule has 2 aliphatic heterocycles. The first-order chi connectivity index (χ1) is 7.80. The van der Waals surface area contributed by atoms with Crippen LogP contribution in [0.5, 0.6) is 0 Å². The summed E-state index contributed by atoms with van der Waals surface area (Å²) in [7, 11) is 0. The van der Waals surface area contributed by atoms with Gasteiger partial charge in [-0.15, -0.1) is 0 Å². The van der Waals surface area contributed by atoms with Crippen molar-refractivity contribution in [2.24, 2.45) is 0 Å². The largest absolute Gasteiger partial charge is 0.382 e. The molecule has 86 valence electrons. The Morgan fingerprint density at radius 2 is 1.81 bits per heavy atom. The van der Waals surface area contributed by atoms with Gasteiger partial charge in [0.15, 0.2) is 0 Å². The average Bonchev–Trinajstić information content (AvgIpc) is 2.79. The molecule has 2 aliphatic rings. The molecule has 0 saturated carbocycles. The van der Waals surface area contributed by atoms with Gasteiger partial charge in [0.05, 0.1) is 0 Å². The summed E-state index contributed by atoms with van der Waals surface area (Å²) < 4.78 is 0. The minimum absolute atomic E-state index is 0.640. The molecule has 3 heteroatoms. The van der Waals surface area contributed by atoms with Gasteiger partial charge in [-0.3, -0.25) is 0 Å². The van der Waals surface area contributed by atoms with E-state index in [1.54, 1.807) is 0 Å². The fourth-order valence-electron chi connectivity index (χ4n) is 2.65. The smallest absolute Gasteiger partial charge is 0.116 e. The molecule has 2 heterocycles. The van der Waals surface area contributed by atoms with E-state index in [4.69, 9.17) is 0 Å². The van der Waals surface area contributed by atoms with Crippen LogP contribution in [0.15, 0.2) is 24.3 Å². The Bertz CT molecular complexity index is 381. The van der Waals surface area contributed by atoms with Crippen molar-refractivity contribution in [2.45, 2.75) is 18.4 Å². The van der Waals surface area contributed by atoms with Gasteiger partial charge in [0, 0.05) is 37.4 Å². The molecular formula is C13H18N2O. The Balaban J connectivity index is 1.97. The zero-order chi connectivity index (χ0) is 11.0. The quantitative estimate of drug-likeness (QED) is 0.779. The maximum atomic E-state index is 10.4. The van der Waals surface area contributed by atoms with Crippen LogP contribution in [-0.2, 0) is 5.60 Å². The molecule has 0 aliphatic carbocycles. The second kappa shape index (κ2) is 3.75. The average molecular weight is 218 g/mol. The number of anilines is 1. The van der Waals surface area contributed by atoms with Crippen LogP contribution in [0.4, 0.5) is 5.69 Å². The number of nitrogens with one attached hydrogen (secondary N) is 1. The van der Waals surface area contributed by atoms with E-state index < -0.39 is 5.60 Å². The maximum Gasteiger partial charge on any atom is 0.116 e. The predicted molar refractivity (Wildman–Crippen MR) is 64.7 cm³/mol. The molecule has 0 unspecified atom stereocenters. The topological polar surface area (TPSA) is 35.5 Å². The standard InChI is InChI=1S/C13H18N2O/c16-13(9-14-10-13)11-5-1-2-6-12(11)15-7-3-4-8-15/h1-2,5-6,14,16H,3-4,7-10H2. The summed E-state index contributed by atoms with van der Waals surface area (Å²) in [5.74, 6) is 0. The minimum Gasteiger partial charge on any atom is -0.382 e. The number of β-amino-alcohol motifs (C(OH)–C–C–N with tert-alkyl or cyclic N) is 1. The monoisotopic (exact) mass is 218 g/mol. The number of hydrogen-bond donors (Lipinski definition) is 2. The van der Waals surface area contributed by atoms with Crippen molar-refractivity contribution in [3.63, 3.8) is 0 Å². The van der Waals surface area contributed by atoms with Crippen molar-refractivity contribution in [1.29, 1.82) is 0 Å². The Morgan fingerprint density at radius 3 is 2.44 bits per heavy atom. The van der Waals surface area contributed by atoms with Crippen LogP contribution in [0.25, 0.3) is 0 Å². The molecule has 16 heavy (non-hydrogen) atoms. The van der Waals surface area contributed by atoms with E-state index in [2.05, 4.69) is 28.4 Å². The number of para-hydroxylation sites is 1. The SMILES string of the molecule is OC1(c2ccccc2N2CCCC2)CNC1. The molecule has 0 spiro atoms. The molecule has 0 bridgehead atoms. The van der Waals surface area contributed by atoms with Gasteiger partial charge in [-0.1, -0.05) is 18.2 Å². The van der Waals surface area contributed by atoms with E-state index in [9.17, 15) is 5.11 Å². The lowest BCUT2D eigenvalue weighted by Crippen LogP contribution is -2.57. The molecule has 0 atom stereocenters. The number of nitrogens with zero attached hydrogens (tertiary/aromatic N) is 1. The van der Waals surface area contributed by atoms with Gasteiger partial charge in [0.25, 0.3) is 0 Å². The number of hydrogen-bond acceptors (Lipinski definition) is 3. The lowest BCUT2D eigenvalue weighted by molar-refractivity contribution is -0.0142. The Kier molecular flexibility index (Phi) is 2.37. The normalized spacial score (nSPS) is 23.2. The number of benzene rings is 1. The molecular weight excluding hydrogens is 200 g/mol. The van der Waals surface area contributed by atoms with Crippen molar-refractivity contribution in [3.05, 3.63) is 29.8 Å². The molecule has 0 aromatic heterocycles. The summed E-state index contributed by atoms with van der Waals surface area (Å²) in [6, 6.07) is 8.28. The van der Waals surface area contributed by atoms with Crippen LogP contribution in [0.1, 0.15) is 18.4 Å². The third-order valence-corrected chi connectivity index (χ3v) is 3.69. The Morgan fingerprint density at radius 1 is 1.12 bits per heavy atom. The molecule has 1 aromatic rings. The van der Waals surface area contributed by atoms with E-state index in [1.807, 2.05) is 6.07 Å². The van der Waals surface area contributed by atoms with Crippen molar-refractivity contribution >= 4 is 5.69 Å². The molecule has 3 rings (SSSR count). The molecule has 2 N–H and O–H groups in total. The molecule has 2 saturated heterocycles. The van der Waals surface area contributed by atoms with Gasteiger partial charge in [0.1, 0.15) is 5.60 Å². The molecule has 0 amide bonds. The van der Waals surface area contributed by atoms with Crippen molar-refractivity contribution in [3.8, 4) is 0 Å². The summed E-state index contributed by atoms with van der Waals surface area (Å²) in [5.41, 5.74) is 1.68. The lowest BCUT2D eigenvalue weighted by Gasteiger charge is -2.40. The van der Waals surface area contributed by atoms with Crippen LogP contribution in [0.3, 0.4) is 0 Å². The summed E-state index contributed by atoms with van der Waals surface area (Å²) >= 11 is 0. The second-order valence-electron chi connectivity index (χ2n) is 4.85. The highest BCUT2D eigenvalue weighted by molar-refractivity contribution is 5.57. The molecule has 1 aromatic carbocycles. The third-order valence-electron chi connectivity index (χ3n) is 3.69. The van der Waals surface area contributed by atoms with E-state index in [0.717, 1.165) is 18.7 Å². The fourth-order valence-corrected chi connectivity index (χ4v) is 2.65. The summed E-state index contributed by atoms with van der Waals surface area (Å²) in [6.07, 6.45) is 2.54. The van der Waals surface area contributed by atoms with Gasteiger partial charge < -0.3 is 15.3 Å². The van der Waals surface area contributed by atoms with Gasteiger partial charge in [0.2, 0.25) is 0 Å². The number of rotatable bonds is 2.